The Morgan fingerprint density at radius 1 is 0.841 bits per heavy atom. The van der Waals surface area contributed by atoms with Gasteiger partial charge in [-0.25, -0.2) is 0 Å². The zero-order valence-electron chi connectivity index (χ0n) is 38.1. The van der Waals surface area contributed by atoms with Gasteiger partial charge in [0.2, 0.25) is 29.5 Å². The van der Waals surface area contributed by atoms with Crippen molar-refractivity contribution in [1.29, 1.82) is 0 Å². The smallest absolute Gasteiger partial charge is 0.336 e. The van der Waals surface area contributed by atoms with Crippen molar-refractivity contribution < 1.29 is 37.6 Å². The van der Waals surface area contributed by atoms with Gasteiger partial charge >= 0.3 is 7.60 Å². The van der Waals surface area contributed by atoms with Crippen LogP contribution in [-0.4, -0.2) is 64.9 Å². The molecular formula is C49H68N5O8P. The van der Waals surface area contributed by atoms with Crippen molar-refractivity contribution in [2.75, 3.05) is 6.54 Å². The Morgan fingerprint density at radius 2 is 1.46 bits per heavy atom. The van der Waals surface area contributed by atoms with Gasteiger partial charge in [-0.15, -0.1) is 13.2 Å². The second-order valence-electron chi connectivity index (χ2n) is 18.7. The molecule has 0 aliphatic heterocycles. The third kappa shape index (κ3) is 15.3. The van der Waals surface area contributed by atoms with Crippen LogP contribution >= 0.6 is 7.60 Å². The Balaban J connectivity index is 1.54. The van der Waals surface area contributed by atoms with Gasteiger partial charge in [0, 0.05) is 19.4 Å². The van der Waals surface area contributed by atoms with E-state index in [1.807, 2.05) is 59.7 Å². The van der Waals surface area contributed by atoms with E-state index in [0.29, 0.717) is 36.8 Å². The van der Waals surface area contributed by atoms with Gasteiger partial charge in [-0.3, -0.25) is 28.5 Å². The fraction of sp³-hybridized carbons (Fsp3) is 0.490. The number of benzene rings is 3. The minimum atomic E-state index is -3.61. The molecule has 1 aliphatic rings. The number of hydrogen-bond acceptors (Lipinski definition) is 8. The number of nitrogens with two attached hydrogens (primary N) is 1. The first kappa shape index (κ1) is 50.5. The van der Waals surface area contributed by atoms with Crippen LogP contribution in [-0.2, 0) is 50.2 Å². The van der Waals surface area contributed by atoms with Crippen LogP contribution in [0.3, 0.4) is 0 Å². The zero-order chi connectivity index (χ0) is 46.6. The van der Waals surface area contributed by atoms with E-state index in [2.05, 4.69) is 58.7 Å². The second kappa shape index (κ2) is 22.0. The van der Waals surface area contributed by atoms with Gasteiger partial charge in [-0.1, -0.05) is 98.1 Å². The lowest BCUT2D eigenvalue weighted by Gasteiger charge is -2.39. The molecule has 13 nitrogen and oxygen atoms in total. The lowest BCUT2D eigenvalue weighted by Crippen LogP contribution is -2.65. The molecule has 0 unspecified atom stereocenters. The summed E-state index contributed by atoms with van der Waals surface area (Å²) in [6.07, 6.45) is 6.71. The summed E-state index contributed by atoms with van der Waals surface area (Å²) in [6, 6.07) is 18.8. The minimum absolute atomic E-state index is 0.00308. The molecule has 6 N–H and O–H groups in total. The van der Waals surface area contributed by atoms with Crippen LogP contribution in [0.5, 0.6) is 0 Å². The Kier molecular flexibility index (Phi) is 17.6. The van der Waals surface area contributed by atoms with Crippen LogP contribution in [0.4, 0.5) is 0 Å². The third-order valence-corrected chi connectivity index (χ3v) is 13.2. The van der Waals surface area contributed by atoms with Crippen molar-refractivity contribution in [3.63, 3.8) is 0 Å². The largest absolute Gasteiger partial charge is 0.370 e. The molecule has 1 saturated carbocycles. The molecule has 4 atom stereocenters. The molecule has 0 heterocycles. The highest BCUT2D eigenvalue weighted by Crippen LogP contribution is 2.57. The van der Waals surface area contributed by atoms with Crippen LogP contribution in [0.2, 0.25) is 0 Å². The maximum absolute atomic E-state index is 14.4. The summed E-state index contributed by atoms with van der Waals surface area (Å²) in [6.45, 7) is 20.3. The number of hydrogen-bond donors (Lipinski definition) is 5. The summed E-state index contributed by atoms with van der Waals surface area (Å²) >= 11 is 0. The highest BCUT2D eigenvalue weighted by molar-refractivity contribution is 7.53. The summed E-state index contributed by atoms with van der Waals surface area (Å²) in [4.78, 5) is 67.6. The van der Waals surface area contributed by atoms with Crippen molar-refractivity contribution >= 4 is 47.9 Å². The number of fused-ring (bicyclic) bond motifs is 1. The molecule has 3 aromatic rings. The lowest BCUT2D eigenvalue weighted by atomic mass is 9.79. The second-order valence-corrected chi connectivity index (χ2v) is 20.6. The molecule has 0 radical (unpaired) electrons. The number of primary amides is 1. The highest BCUT2D eigenvalue weighted by Gasteiger charge is 2.45. The number of carbonyl (C=O) groups is 5. The molecular weight excluding hydrogens is 818 g/mol. The predicted octanol–water partition coefficient (Wildman–Crippen LogP) is 7.67. The summed E-state index contributed by atoms with van der Waals surface area (Å²) in [5, 5.41) is 13.7. The van der Waals surface area contributed by atoms with Gasteiger partial charge in [0.15, 0.2) is 0 Å². The van der Waals surface area contributed by atoms with Crippen molar-refractivity contribution in [3.8, 4) is 0 Å². The van der Waals surface area contributed by atoms with Gasteiger partial charge in [0.05, 0.1) is 23.8 Å². The molecule has 4 rings (SSSR count). The van der Waals surface area contributed by atoms with Crippen LogP contribution < -0.4 is 27.0 Å². The standard InChI is InChI=1S/C49H68N5O8P/c1-10-18-35(29-38-21-17-20-36-19-13-14-22-40(36)38)31-51-44(57)41(30-42(50)56)53-46(59)49(27-15-12-16-28-49)54-45(58)43(52-33(3)55)39(11-2)37-25-23-34(24-26-37)32-63(60,61-47(4,5)6)62-48(7,8)9/h10-11,13-14,17,19-26,35,39,41,43H,1-2,12,15-16,18,27-32H2,3-9H3,(H2,50,56)(H,51,57)(H,52,55)(H,53,59)(H,54,58)/t35-,39+,41-,43-/m0/s1. The van der Waals surface area contributed by atoms with E-state index in [9.17, 15) is 28.5 Å². The molecule has 5 amide bonds. The summed E-state index contributed by atoms with van der Waals surface area (Å²) in [5.41, 5.74) is 5.11. The number of amides is 5. The van der Waals surface area contributed by atoms with Crippen molar-refractivity contribution in [3.05, 3.63) is 109 Å². The third-order valence-electron chi connectivity index (χ3n) is 10.8. The molecule has 0 spiro atoms. The number of rotatable bonds is 21. The van der Waals surface area contributed by atoms with E-state index >= 15 is 0 Å². The van der Waals surface area contributed by atoms with Gasteiger partial charge in [-0.05, 0) is 101 Å². The number of nitrogens with one attached hydrogen (secondary N) is 4. The zero-order valence-corrected chi connectivity index (χ0v) is 39.0. The molecule has 14 heteroatoms. The first-order chi connectivity index (χ1) is 29.6. The van der Waals surface area contributed by atoms with Crippen LogP contribution in [0, 0.1) is 5.92 Å². The number of allylic oxidation sites excluding steroid dienone is 1. The van der Waals surface area contributed by atoms with Crippen LogP contribution in [0.15, 0.2) is 92.0 Å². The summed E-state index contributed by atoms with van der Waals surface area (Å²) < 4.78 is 25.9. The summed E-state index contributed by atoms with van der Waals surface area (Å²) in [7, 11) is -3.61. The minimum Gasteiger partial charge on any atom is -0.370 e. The first-order valence-electron chi connectivity index (χ1n) is 21.8. The first-order valence-corrected chi connectivity index (χ1v) is 23.5. The number of carbonyl (C=O) groups excluding carboxylic acids is 5. The SMILES string of the molecule is C=CC[C@H](CNC(=O)[C@H](CC(N)=O)NC(=O)C1(NC(=O)[C@@H](NC(C)=O)[C@H](C=C)c2ccc(CP(=O)(OC(C)(C)C)OC(C)(C)C)cc2)CCCCC1)Cc1cccc2ccccc12. The van der Waals surface area contributed by atoms with Crippen molar-refractivity contribution in [2.24, 2.45) is 11.7 Å². The molecule has 1 aliphatic carbocycles. The predicted molar refractivity (Wildman–Crippen MR) is 249 cm³/mol. The van der Waals surface area contributed by atoms with E-state index < -0.39 is 78.3 Å². The maximum atomic E-state index is 14.4. The fourth-order valence-corrected chi connectivity index (χ4v) is 10.7. The van der Waals surface area contributed by atoms with Crippen molar-refractivity contribution in [1.82, 2.24) is 21.3 Å². The molecule has 0 saturated heterocycles. The molecule has 63 heavy (non-hydrogen) atoms. The summed E-state index contributed by atoms with van der Waals surface area (Å²) in [5.74, 6) is -3.88. The van der Waals surface area contributed by atoms with Gasteiger partial charge in [0.25, 0.3) is 0 Å². The molecule has 1 fully saturated rings. The maximum Gasteiger partial charge on any atom is 0.336 e. The quantitative estimate of drug-likeness (QED) is 0.0531. The average Bonchev–Trinajstić information content (AvgIpc) is 3.18. The Bertz CT molecular complexity index is 2130. The topological polar surface area (TPSA) is 195 Å². The van der Waals surface area contributed by atoms with E-state index in [0.717, 1.165) is 22.8 Å². The Labute approximate surface area is 373 Å². The van der Waals surface area contributed by atoms with E-state index in [4.69, 9.17) is 14.8 Å². The molecule has 3 aromatic carbocycles. The highest BCUT2D eigenvalue weighted by atomic mass is 31.2. The van der Waals surface area contributed by atoms with Crippen molar-refractivity contribution in [2.45, 2.75) is 141 Å². The lowest BCUT2D eigenvalue weighted by molar-refractivity contribution is -0.139. The van der Waals surface area contributed by atoms with E-state index in [1.165, 1.54) is 6.92 Å². The van der Waals surface area contributed by atoms with Gasteiger partial charge in [-0.2, -0.15) is 0 Å². The van der Waals surface area contributed by atoms with E-state index in [1.54, 1.807) is 36.4 Å². The Morgan fingerprint density at radius 3 is 2.03 bits per heavy atom. The van der Waals surface area contributed by atoms with Gasteiger partial charge in [0.1, 0.15) is 17.6 Å². The molecule has 0 aromatic heterocycles. The fourth-order valence-electron chi connectivity index (χ4n) is 8.20. The Hall–Kier alpha value is -5.10. The van der Waals surface area contributed by atoms with Gasteiger partial charge < -0.3 is 36.0 Å². The average molecular weight is 886 g/mol. The molecule has 0 bridgehead atoms. The van der Waals surface area contributed by atoms with Crippen LogP contribution in [0.25, 0.3) is 10.8 Å². The monoisotopic (exact) mass is 885 g/mol. The molecule has 342 valence electrons. The van der Waals surface area contributed by atoms with Crippen LogP contribution in [0.1, 0.15) is 116 Å². The normalized spacial score (nSPS) is 16.1. The van der Waals surface area contributed by atoms with E-state index in [-0.39, 0.29) is 31.5 Å².